The molecule has 0 saturated carbocycles. The molecule has 1 N–H and O–H groups in total. The van der Waals surface area contributed by atoms with Crippen LogP contribution >= 0.6 is 11.6 Å². The minimum absolute atomic E-state index is 0.0143. The highest BCUT2D eigenvalue weighted by Gasteiger charge is 2.16. The zero-order valence-corrected chi connectivity index (χ0v) is 11.6. The van der Waals surface area contributed by atoms with Crippen molar-refractivity contribution in [2.24, 2.45) is 5.41 Å². The zero-order valence-electron chi connectivity index (χ0n) is 10.9. The van der Waals surface area contributed by atoms with Gasteiger partial charge in [-0.3, -0.25) is 0 Å². The molecule has 0 aliphatic heterocycles. The van der Waals surface area contributed by atoms with Crippen molar-refractivity contribution in [3.05, 3.63) is 11.8 Å². The third-order valence-corrected chi connectivity index (χ3v) is 2.93. The highest BCUT2D eigenvalue weighted by Crippen LogP contribution is 2.18. The summed E-state index contributed by atoms with van der Waals surface area (Å²) in [4.78, 5) is 8.58. The van der Waals surface area contributed by atoms with Crippen LogP contribution in [-0.4, -0.2) is 29.0 Å². The van der Waals surface area contributed by atoms with Crippen LogP contribution < -0.4 is 10.1 Å². The largest absolute Gasteiger partial charge is 0.478 e. The molecule has 0 unspecified atom stereocenters. The number of nitrogens with one attached hydrogen (secondary N) is 1. The first-order chi connectivity index (χ1) is 7.96. The topological polar surface area (TPSA) is 47.0 Å². The summed E-state index contributed by atoms with van der Waals surface area (Å²) in [6.07, 6.45) is 0. The van der Waals surface area contributed by atoms with Gasteiger partial charge in [-0.2, -0.15) is 4.98 Å². The molecular weight excluding hydrogens is 238 g/mol. The second kappa shape index (κ2) is 6.05. The molecule has 1 rings (SSSR count). The Hall–Kier alpha value is -1.03. The summed E-state index contributed by atoms with van der Waals surface area (Å²) in [7, 11) is 0. The van der Waals surface area contributed by atoms with Gasteiger partial charge in [-0.1, -0.05) is 13.8 Å². The molecule has 96 valence electrons. The molecule has 0 amide bonds. The quantitative estimate of drug-likeness (QED) is 0.796. The number of nitrogens with zero attached hydrogens (tertiary/aromatic N) is 2. The first kappa shape index (κ1) is 14.0. The number of halogens is 1. The molecular formula is C12H20ClN3O. The van der Waals surface area contributed by atoms with E-state index < -0.39 is 0 Å². The van der Waals surface area contributed by atoms with Crippen molar-refractivity contribution in [3.63, 3.8) is 0 Å². The van der Waals surface area contributed by atoms with Crippen LogP contribution in [0, 0.1) is 12.3 Å². The summed E-state index contributed by atoms with van der Waals surface area (Å²) < 4.78 is 5.37. The molecule has 1 aromatic heterocycles. The van der Waals surface area contributed by atoms with Crippen molar-refractivity contribution in [2.75, 3.05) is 24.3 Å². The third kappa shape index (κ3) is 4.77. The molecule has 0 bridgehead atoms. The van der Waals surface area contributed by atoms with Crippen molar-refractivity contribution in [3.8, 4) is 5.88 Å². The Bertz CT molecular complexity index is 369. The van der Waals surface area contributed by atoms with Crippen LogP contribution in [0.1, 0.15) is 26.5 Å². The fourth-order valence-corrected chi connectivity index (χ4v) is 1.30. The van der Waals surface area contributed by atoms with Crippen molar-refractivity contribution in [1.29, 1.82) is 0 Å². The van der Waals surface area contributed by atoms with Crippen LogP contribution in [0.5, 0.6) is 5.88 Å². The highest BCUT2D eigenvalue weighted by molar-refractivity contribution is 6.18. The molecule has 0 aliphatic rings. The number of alkyl halides is 1. The van der Waals surface area contributed by atoms with E-state index in [0.717, 1.165) is 12.2 Å². The molecule has 17 heavy (non-hydrogen) atoms. The number of aromatic nitrogens is 2. The van der Waals surface area contributed by atoms with Gasteiger partial charge in [0.2, 0.25) is 11.8 Å². The van der Waals surface area contributed by atoms with Crippen LogP contribution in [0.2, 0.25) is 0 Å². The van der Waals surface area contributed by atoms with Crippen molar-refractivity contribution < 1.29 is 4.74 Å². The first-order valence-electron chi connectivity index (χ1n) is 5.75. The maximum Gasteiger partial charge on any atom is 0.226 e. The Balaban J connectivity index is 2.70. The van der Waals surface area contributed by atoms with E-state index in [-0.39, 0.29) is 5.41 Å². The summed E-state index contributed by atoms with van der Waals surface area (Å²) in [6.45, 7) is 9.36. The van der Waals surface area contributed by atoms with E-state index in [9.17, 15) is 0 Å². The fraction of sp³-hybridized carbons (Fsp3) is 0.667. The van der Waals surface area contributed by atoms with Gasteiger partial charge in [0.15, 0.2) is 0 Å². The molecule has 4 nitrogen and oxygen atoms in total. The lowest BCUT2D eigenvalue weighted by molar-refractivity contribution is 0.326. The van der Waals surface area contributed by atoms with Gasteiger partial charge in [-0.15, -0.1) is 11.6 Å². The van der Waals surface area contributed by atoms with Gasteiger partial charge in [0.25, 0.3) is 0 Å². The lowest BCUT2D eigenvalue weighted by Gasteiger charge is -2.21. The normalized spacial score (nSPS) is 11.4. The predicted octanol–water partition coefficient (Wildman–Crippen LogP) is 2.86. The summed E-state index contributed by atoms with van der Waals surface area (Å²) in [6, 6.07) is 1.82. The van der Waals surface area contributed by atoms with Gasteiger partial charge < -0.3 is 10.1 Å². The summed E-state index contributed by atoms with van der Waals surface area (Å²) in [5, 5.41) is 3.19. The number of anilines is 1. The molecule has 1 aromatic rings. The number of aryl methyl sites for hydroxylation is 1. The predicted molar refractivity (Wildman–Crippen MR) is 70.9 cm³/mol. The fourth-order valence-electron chi connectivity index (χ4n) is 1.21. The van der Waals surface area contributed by atoms with E-state index in [4.69, 9.17) is 16.3 Å². The van der Waals surface area contributed by atoms with Gasteiger partial charge in [0, 0.05) is 24.2 Å². The van der Waals surface area contributed by atoms with Gasteiger partial charge in [-0.25, -0.2) is 4.98 Å². The van der Waals surface area contributed by atoms with Gasteiger partial charge in [-0.05, 0) is 19.3 Å². The Morgan fingerprint density at radius 3 is 2.71 bits per heavy atom. The van der Waals surface area contributed by atoms with Crippen molar-refractivity contribution in [1.82, 2.24) is 9.97 Å². The average molecular weight is 258 g/mol. The number of ether oxygens (including phenoxy) is 1. The van der Waals surface area contributed by atoms with E-state index >= 15 is 0 Å². The molecule has 0 spiro atoms. The molecule has 0 saturated heterocycles. The Morgan fingerprint density at radius 2 is 2.12 bits per heavy atom. The summed E-state index contributed by atoms with van der Waals surface area (Å²) in [5.74, 6) is 1.78. The van der Waals surface area contributed by atoms with Crippen LogP contribution in [0.25, 0.3) is 0 Å². The zero-order chi connectivity index (χ0) is 12.9. The molecule has 1 heterocycles. The smallest absolute Gasteiger partial charge is 0.226 e. The minimum atomic E-state index is 0.0143. The Labute approximate surface area is 108 Å². The minimum Gasteiger partial charge on any atom is -0.478 e. The molecule has 0 atom stereocenters. The van der Waals surface area contributed by atoms with Gasteiger partial charge in [0.1, 0.15) is 0 Å². The second-order valence-electron chi connectivity index (χ2n) is 4.76. The summed E-state index contributed by atoms with van der Waals surface area (Å²) >= 11 is 5.87. The van der Waals surface area contributed by atoms with Crippen molar-refractivity contribution >= 4 is 17.5 Å². The monoisotopic (exact) mass is 257 g/mol. The van der Waals surface area contributed by atoms with E-state index in [2.05, 4.69) is 29.1 Å². The molecule has 5 heteroatoms. The van der Waals surface area contributed by atoms with Gasteiger partial charge >= 0.3 is 0 Å². The lowest BCUT2D eigenvalue weighted by Crippen LogP contribution is -2.25. The van der Waals surface area contributed by atoms with Crippen LogP contribution in [0.15, 0.2) is 6.07 Å². The number of rotatable bonds is 6. The highest BCUT2D eigenvalue weighted by atomic mass is 35.5. The maximum absolute atomic E-state index is 5.87. The molecule has 0 aliphatic carbocycles. The lowest BCUT2D eigenvalue weighted by atomic mass is 9.97. The average Bonchev–Trinajstić information content (AvgIpc) is 2.26. The molecule has 0 aromatic carbocycles. The Kier molecular flexibility index (Phi) is 5.00. The third-order valence-electron chi connectivity index (χ3n) is 2.21. The SMILES string of the molecule is CCOc1cc(C)nc(NCC(C)(C)CCl)n1. The van der Waals surface area contributed by atoms with E-state index in [0.29, 0.717) is 24.3 Å². The second-order valence-corrected chi connectivity index (χ2v) is 5.02. The molecule has 0 radical (unpaired) electrons. The van der Waals surface area contributed by atoms with E-state index in [1.165, 1.54) is 0 Å². The van der Waals surface area contributed by atoms with Crippen LogP contribution in [-0.2, 0) is 0 Å². The van der Waals surface area contributed by atoms with Crippen molar-refractivity contribution in [2.45, 2.75) is 27.7 Å². The van der Waals surface area contributed by atoms with Crippen LogP contribution in [0.4, 0.5) is 5.95 Å². The maximum atomic E-state index is 5.87. The summed E-state index contributed by atoms with van der Waals surface area (Å²) in [5.41, 5.74) is 0.898. The standard InChI is InChI=1S/C12H20ClN3O/c1-5-17-10-6-9(2)15-11(16-10)14-8-12(3,4)7-13/h6H,5,7-8H2,1-4H3,(H,14,15,16). The van der Waals surface area contributed by atoms with E-state index in [1.54, 1.807) is 0 Å². The molecule has 0 fully saturated rings. The Morgan fingerprint density at radius 1 is 1.41 bits per heavy atom. The van der Waals surface area contributed by atoms with Gasteiger partial charge in [0.05, 0.1) is 6.61 Å². The van der Waals surface area contributed by atoms with E-state index in [1.807, 2.05) is 19.9 Å². The first-order valence-corrected chi connectivity index (χ1v) is 6.28. The number of hydrogen-bond acceptors (Lipinski definition) is 4. The number of hydrogen-bond donors (Lipinski definition) is 1. The van der Waals surface area contributed by atoms with Crippen LogP contribution in [0.3, 0.4) is 0 Å².